The van der Waals surface area contributed by atoms with Crippen molar-refractivity contribution in [2.24, 2.45) is 0 Å². The largest absolute Gasteiger partial charge is 0.456 e. The molecule has 0 radical (unpaired) electrons. The molecule has 10 aromatic carbocycles. The number of hydrogen-bond donors (Lipinski definition) is 0. The highest BCUT2D eigenvalue weighted by Crippen LogP contribution is 2.52. The molecule has 2 aliphatic rings. The lowest BCUT2D eigenvalue weighted by molar-refractivity contribution is 0.590. The van der Waals surface area contributed by atoms with Crippen LogP contribution in [0.15, 0.2) is 192 Å². The number of thiophene rings is 1. The minimum atomic E-state index is -0.188. The smallest absolute Gasteiger partial charge is 0.253 e. The van der Waals surface area contributed by atoms with Crippen LogP contribution in [0.25, 0.3) is 80.7 Å². The van der Waals surface area contributed by atoms with Gasteiger partial charge >= 0.3 is 0 Å². The van der Waals surface area contributed by atoms with Gasteiger partial charge in [-0.3, -0.25) is 0 Å². The molecule has 0 fully saturated rings. The molecule has 0 amide bonds. The maximum absolute atomic E-state index is 6.93. The summed E-state index contributed by atoms with van der Waals surface area (Å²) in [5.41, 5.74) is 24.9. The van der Waals surface area contributed by atoms with Gasteiger partial charge in [-0.15, -0.1) is 11.3 Å². The number of nitrogens with zero attached hydrogens (tertiary/aromatic N) is 3. The molecule has 86 heavy (non-hydrogen) atoms. The highest BCUT2D eigenvalue weighted by Gasteiger charge is 2.46. The number of furan rings is 1. The zero-order valence-corrected chi connectivity index (χ0v) is 53.4. The van der Waals surface area contributed by atoms with E-state index in [1.54, 1.807) is 0 Å². The number of benzene rings is 10. The molecule has 4 nitrogen and oxygen atoms in total. The second-order valence-corrected chi connectivity index (χ2v) is 30.9. The molecule has 0 bridgehead atoms. The van der Waals surface area contributed by atoms with Gasteiger partial charge in [0.2, 0.25) is 0 Å². The molecule has 0 unspecified atom stereocenters. The summed E-state index contributed by atoms with van der Waals surface area (Å²) in [6.45, 7) is 34.6. The van der Waals surface area contributed by atoms with E-state index in [2.05, 4.69) is 306 Å². The van der Waals surface area contributed by atoms with Crippen LogP contribution in [-0.4, -0.2) is 11.3 Å². The van der Waals surface area contributed by atoms with Gasteiger partial charge in [0.1, 0.15) is 11.2 Å². The number of rotatable bonds is 4. The molecule has 2 aliphatic heterocycles. The number of para-hydroxylation sites is 1. The van der Waals surface area contributed by atoms with Gasteiger partial charge in [0.25, 0.3) is 6.71 Å². The molecule has 6 heteroatoms. The van der Waals surface area contributed by atoms with Crippen LogP contribution in [0.5, 0.6) is 0 Å². The molecular formula is C80H76BN3OS. The normalized spacial score (nSPS) is 13.9. The maximum Gasteiger partial charge on any atom is 0.253 e. The van der Waals surface area contributed by atoms with E-state index in [0.717, 1.165) is 44.6 Å². The van der Waals surface area contributed by atoms with Crippen molar-refractivity contribution in [1.29, 1.82) is 0 Å². The Balaban J connectivity index is 1.13. The quantitative estimate of drug-likeness (QED) is 0.164. The first-order chi connectivity index (χ1) is 40.8. The number of hydrogen-bond acceptors (Lipinski definition) is 4. The second kappa shape index (κ2) is 18.6. The van der Waals surface area contributed by atoms with Crippen LogP contribution in [0.3, 0.4) is 0 Å². The van der Waals surface area contributed by atoms with E-state index in [1.807, 2.05) is 11.3 Å². The van der Waals surface area contributed by atoms with Gasteiger partial charge in [0, 0.05) is 66.4 Å². The second-order valence-electron chi connectivity index (χ2n) is 29.9. The van der Waals surface area contributed by atoms with Crippen LogP contribution in [0.4, 0.5) is 34.1 Å². The van der Waals surface area contributed by atoms with Crippen molar-refractivity contribution in [3.05, 3.63) is 216 Å². The summed E-state index contributed by atoms with van der Waals surface area (Å²) < 4.78 is 12.1. The summed E-state index contributed by atoms with van der Waals surface area (Å²) in [5, 5.41) is 7.39. The lowest BCUT2D eigenvalue weighted by Crippen LogP contribution is -2.61. The first-order valence-corrected chi connectivity index (χ1v) is 31.7. The van der Waals surface area contributed by atoms with Crippen LogP contribution in [0.2, 0.25) is 0 Å². The Labute approximate surface area is 511 Å². The molecule has 5 heterocycles. The molecule has 0 saturated heterocycles. The highest BCUT2D eigenvalue weighted by atomic mass is 32.1. The summed E-state index contributed by atoms with van der Waals surface area (Å²) >= 11 is 1.93. The minimum absolute atomic E-state index is 0.00401. The summed E-state index contributed by atoms with van der Waals surface area (Å²) in [4.78, 5) is 5.22. The number of aromatic nitrogens is 1. The molecule has 13 aromatic rings. The van der Waals surface area contributed by atoms with Crippen LogP contribution in [0.1, 0.15) is 132 Å². The fourth-order valence-corrected chi connectivity index (χ4v) is 15.3. The molecule has 0 saturated carbocycles. The summed E-state index contributed by atoms with van der Waals surface area (Å²) in [6.07, 6.45) is 0. The van der Waals surface area contributed by atoms with Gasteiger partial charge < -0.3 is 18.8 Å². The third kappa shape index (κ3) is 8.44. The van der Waals surface area contributed by atoms with Crippen molar-refractivity contribution in [3.63, 3.8) is 0 Å². The lowest BCUT2D eigenvalue weighted by atomic mass is 9.32. The van der Waals surface area contributed by atoms with E-state index in [-0.39, 0.29) is 33.8 Å². The number of fused-ring (bicyclic) bond motifs is 14. The lowest BCUT2D eigenvalue weighted by Gasteiger charge is -2.45. The fraction of sp³-hybridized carbons (Fsp3) is 0.250. The van der Waals surface area contributed by atoms with E-state index in [9.17, 15) is 0 Å². The minimum Gasteiger partial charge on any atom is -0.456 e. The van der Waals surface area contributed by atoms with Crippen LogP contribution < -0.4 is 26.2 Å². The Kier molecular flexibility index (Phi) is 11.8. The van der Waals surface area contributed by atoms with Gasteiger partial charge in [-0.2, -0.15) is 0 Å². The topological polar surface area (TPSA) is 24.6 Å². The average molecular weight is 1140 g/mol. The standard InChI is InChI=1S/C80H76BN3OS/c1-76(2,3)49-26-24-47(25-27-49)48-40-65-73-66(41-48)83(55-36-30-51(31-37-55)78(7,8)9)67-45-68(84-62-38-32-52(79(10,11)12)42-58(62)59-43-53(80(13,14)15)33-39-63(59)84)75-72(57-21-17-19-23-71(57)86-75)74(67)81(73)61-44-60-56-20-16-18-22-69(56)85-70(60)46-64(61)82(65)54-34-28-50(29-35-54)77(4,5)6/h16-46H,1-15H3. The van der Waals surface area contributed by atoms with Gasteiger partial charge in [-0.1, -0.05) is 207 Å². The Morgan fingerprint density at radius 1 is 0.349 bits per heavy atom. The monoisotopic (exact) mass is 1140 g/mol. The van der Waals surface area contributed by atoms with Crippen LogP contribution in [-0.2, 0) is 27.1 Å². The molecule has 0 aliphatic carbocycles. The maximum atomic E-state index is 6.93. The van der Waals surface area contributed by atoms with E-state index in [0.29, 0.717) is 0 Å². The third-order valence-corrected chi connectivity index (χ3v) is 20.2. The van der Waals surface area contributed by atoms with Crippen molar-refractivity contribution >= 4 is 132 Å². The van der Waals surface area contributed by atoms with Crippen molar-refractivity contribution < 1.29 is 4.42 Å². The van der Waals surface area contributed by atoms with Crippen molar-refractivity contribution in [2.45, 2.75) is 131 Å². The molecule has 426 valence electrons. The third-order valence-electron chi connectivity index (χ3n) is 19.0. The van der Waals surface area contributed by atoms with E-state index >= 15 is 0 Å². The Morgan fingerprint density at radius 3 is 1.35 bits per heavy atom. The van der Waals surface area contributed by atoms with Crippen LogP contribution in [0, 0.1) is 0 Å². The average Bonchev–Trinajstić information content (AvgIpc) is 1.11. The molecule has 0 N–H and O–H groups in total. The number of anilines is 6. The van der Waals surface area contributed by atoms with Crippen molar-refractivity contribution in [3.8, 4) is 16.8 Å². The highest BCUT2D eigenvalue weighted by molar-refractivity contribution is 7.26. The van der Waals surface area contributed by atoms with Gasteiger partial charge in [-0.25, -0.2) is 0 Å². The first-order valence-electron chi connectivity index (χ1n) is 30.9. The van der Waals surface area contributed by atoms with E-state index < -0.39 is 0 Å². The van der Waals surface area contributed by atoms with Crippen molar-refractivity contribution in [1.82, 2.24) is 4.57 Å². The van der Waals surface area contributed by atoms with E-state index in [1.165, 1.54) is 114 Å². The predicted molar refractivity (Wildman–Crippen MR) is 374 cm³/mol. The molecular weight excluding hydrogens is 1060 g/mol. The fourth-order valence-electron chi connectivity index (χ4n) is 14.1. The molecule has 0 spiro atoms. The van der Waals surface area contributed by atoms with Gasteiger partial charge in [-0.05, 0) is 172 Å². The molecule has 0 atom stereocenters. The summed E-state index contributed by atoms with van der Waals surface area (Å²) in [5.74, 6) is 0. The summed E-state index contributed by atoms with van der Waals surface area (Å²) in [7, 11) is 0. The Bertz CT molecular complexity index is 4870. The molecule has 15 rings (SSSR count). The summed E-state index contributed by atoms with van der Waals surface area (Å²) in [6, 6.07) is 73.1. The van der Waals surface area contributed by atoms with E-state index in [4.69, 9.17) is 4.42 Å². The van der Waals surface area contributed by atoms with Crippen LogP contribution >= 0.6 is 11.3 Å². The predicted octanol–water partition coefficient (Wildman–Crippen LogP) is 21.3. The van der Waals surface area contributed by atoms with Gasteiger partial charge in [0.05, 0.1) is 21.4 Å². The SMILES string of the molecule is CC(C)(C)c1ccc(-c2cc3c4c(c2)N(c2ccc(C(C)(C)C)cc2)c2cc(-n5c6ccc(C(C)(C)C)cc6c6cc(C(C)(C)C)ccc65)c5sc6ccccc6c5c2B4c2cc4c(cc2N3c2ccc(C(C)(C)C)cc2)oc2ccccc24)cc1. The zero-order chi connectivity index (χ0) is 59.9. The first kappa shape index (κ1) is 54.3. The van der Waals surface area contributed by atoms with Crippen molar-refractivity contribution in [2.75, 3.05) is 9.80 Å². The zero-order valence-electron chi connectivity index (χ0n) is 52.6. The van der Waals surface area contributed by atoms with Gasteiger partial charge in [0.15, 0.2) is 0 Å². The molecule has 3 aromatic heterocycles. The Hall–Kier alpha value is -8.32. The Morgan fingerprint density at radius 2 is 0.814 bits per heavy atom.